The smallest absolute Gasteiger partial charge is 0.363 e. The van der Waals surface area contributed by atoms with E-state index in [1.54, 1.807) is 18.2 Å². The predicted octanol–water partition coefficient (Wildman–Crippen LogP) is 5.53. The lowest BCUT2D eigenvalue weighted by atomic mass is 10.1. The van der Waals surface area contributed by atoms with Gasteiger partial charge in [-0.25, -0.2) is 18.6 Å². The Balaban J connectivity index is 1.99. The van der Waals surface area contributed by atoms with Gasteiger partial charge in [0, 0.05) is 0 Å². The molecule has 1 aliphatic heterocycles. The summed E-state index contributed by atoms with van der Waals surface area (Å²) in [5, 5.41) is -0.126. The zero-order chi connectivity index (χ0) is 21.8. The van der Waals surface area contributed by atoms with E-state index in [0.29, 0.717) is 30.3 Å². The van der Waals surface area contributed by atoms with E-state index in [2.05, 4.69) is 34.2 Å². The highest BCUT2D eigenvalue weighted by Gasteiger charge is 2.27. The molecule has 5 nitrogen and oxygen atoms in total. The maximum atomic E-state index is 13.6. The van der Waals surface area contributed by atoms with Crippen molar-refractivity contribution in [3.8, 4) is 11.5 Å². The Bertz CT molecular complexity index is 1090. The summed E-state index contributed by atoms with van der Waals surface area (Å²) in [5.41, 5.74) is 0.566. The molecular weight excluding hydrogens is 531 g/mol. The Morgan fingerprint density at radius 3 is 2.67 bits per heavy atom. The quantitative estimate of drug-likeness (QED) is 0.151. The normalized spacial score (nSPS) is 14.5. The van der Waals surface area contributed by atoms with E-state index in [9.17, 15) is 13.6 Å². The summed E-state index contributed by atoms with van der Waals surface area (Å²) in [6, 6.07) is 5.10. The number of carbonyl (C=O) groups excluding carboxylic acids is 1. The van der Waals surface area contributed by atoms with Crippen LogP contribution in [0.25, 0.3) is 6.08 Å². The molecule has 1 heterocycles. The van der Waals surface area contributed by atoms with Crippen LogP contribution >= 0.6 is 34.2 Å². The average Bonchev–Trinajstić information content (AvgIpc) is 3.04. The van der Waals surface area contributed by atoms with Crippen LogP contribution in [0.2, 0.25) is 5.02 Å². The van der Waals surface area contributed by atoms with E-state index >= 15 is 0 Å². The molecule has 0 saturated carbocycles. The third kappa shape index (κ3) is 4.81. The first kappa shape index (κ1) is 22.2. The van der Waals surface area contributed by atoms with Gasteiger partial charge >= 0.3 is 5.97 Å². The van der Waals surface area contributed by atoms with E-state index in [-0.39, 0.29) is 22.2 Å². The molecule has 0 aromatic heterocycles. The van der Waals surface area contributed by atoms with Crippen LogP contribution in [-0.4, -0.2) is 25.1 Å². The fourth-order valence-corrected chi connectivity index (χ4v) is 3.60. The molecule has 0 saturated heterocycles. The SMILES string of the molecule is C=CCOc1c(I)cc(/C=C2\N=C(c3cc(F)c(F)cc3Cl)OC2=O)cc1OCC. The van der Waals surface area contributed by atoms with Gasteiger partial charge in [0.05, 0.1) is 20.8 Å². The molecule has 0 fully saturated rings. The summed E-state index contributed by atoms with van der Waals surface area (Å²) < 4.78 is 44.0. The number of benzene rings is 2. The number of aliphatic imine (C=N–C) groups is 1. The van der Waals surface area contributed by atoms with Crippen LogP contribution in [0, 0.1) is 15.2 Å². The number of rotatable bonds is 7. The molecule has 2 aromatic carbocycles. The minimum Gasteiger partial charge on any atom is -0.490 e. The first-order chi connectivity index (χ1) is 14.3. The van der Waals surface area contributed by atoms with Crippen LogP contribution < -0.4 is 9.47 Å². The highest BCUT2D eigenvalue weighted by molar-refractivity contribution is 14.1. The van der Waals surface area contributed by atoms with Gasteiger partial charge in [-0.1, -0.05) is 24.3 Å². The number of esters is 1. The van der Waals surface area contributed by atoms with Gasteiger partial charge in [-0.15, -0.1) is 0 Å². The average molecular weight is 546 g/mol. The fourth-order valence-electron chi connectivity index (χ4n) is 2.59. The number of halogens is 4. The largest absolute Gasteiger partial charge is 0.490 e. The second-order valence-corrected chi connectivity index (χ2v) is 7.51. The van der Waals surface area contributed by atoms with E-state index in [1.165, 1.54) is 6.08 Å². The molecule has 0 unspecified atom stereocenters. The molecule has 3 rings (SSSR count). The number of nitrogens with zero attached hydrogens (tertiary/aromatic N) is 1. The number of carbonyl (C=O) groups is 1. The number of hydrogen-bond donors (Lipinski definition) is 0. The summed E-state index contributed by atoms with van der Waals surface area (Å²) in [5.74, 6) is -2.13. The van der Waals surface area contributed by atoms with E-state index < -0.39 is 17.6 Å². The minimum absolute atomic E-state index is 0.0231. The van der Waals surface area contributed by atoms with Crippen LogP contribution in [0.4, 0.5) is 8.78 Å². The third-order valence-corrected chi connectivity index (χ3v) is 4.96. The lowest BCUT2D eigenvalue weighted by Gasteiger charge is -2.13. The van der Waals surface area contributed by atoms with Gasteiger partial charge in [-0.05, 0) is 65.4 Å². The van der Waals surface area contributed by atoms with Gasteiger partial charge in [-0.2, -0.15) is 0 Å². The molecule has 0 bridgehead atoms. The standard InChI is InChI=1S/C21H15ClF2INO4/c1-3-5-29-19-16(25)6-11(8-18(19)28-4-2)7-17-21(27)30-20(26-17)12-9-14(23)15(24)10-13(12)22/h3,6-10H,1,4-5H2,2H3/b17-7-. The van der Waals surface area contributed by atoms with Gasteiger partial charge in [0.1, 0.15) is 6.61 Å². The van der Waals surface area contributed by atoms with Gasteiger partial charge in [0.25, 0.3) is 0 Å². The van der Waals surface area contributed by atoms with Crippen LogP contribution in [0.3, 0.4) is 0 Å². The lowest BCUT2D eigenvalue weighted by Crippen LogP contribution is -2.07. The van der Waals surface area contributed by atoms with E-state index in [1.807, 2.05) is 6.92 Å². The zero-order valence-electron chi connectivity index (χ0n) is 15.7. The number of ether oxygens (including phenoxy) is 3. The van der Waals surface area contributed by atoms with Crippen molar-refractivity contribution in [1.29, 1.82) is 0 Å². The van der Waals surface area contributed by atoms with Gasteiger partial charge < -0.3 is 14.2 Å². The van der Waals surface area contributed by atoms with Crippen molar-refractivity contribution >= 4 is 52.1 Å². The van der Waals surface area contributed by atoms with Crippen LogP contribution in [0.5, 0.6) is 11.5 Å². The van der Waals surface area contributed by atoms with Crippen molar-refractivity contribution in [2.24, 2.45) is 4.99 Å². The Morgan fingerprint density at radius 2 is 1.97 bits per heavy atom. The zero-order valence-corrected chi connectivity index (χ0v) is 18.6. The van der Waals surface area contributed by atoms with Crippen molar-refractivity contribution in [3.63, 3.8) is 0 Å². The van der Waals surface area contributed by atoms with Crippen molar-refractivity contribution < 1.29 is 27.8 Å². The van der Waals surface area contributed by atoms with Crippen LogP contribution in [0.15, 0.2) is 47.6 Å². The fraction of sp³-hybridized carbons (Fsp3) is 0.143. The molecule has 2 aromatic rings. The summed E-state index contributed by atoms with van der Waals surface area (Å²) >= 11 is 8.03. The second-order valence-electron chi connectivity index (χ2n) is 5.94. The molecule has 0 amide bonds. The maximum absolute atomic E-state index is 13.6. The molecule has 0 N–H and O–H groups in total. The Morgan fingerprint density at radius 1 is 1.23 bits per heavy atom. The van der Waals surface area contributed by atoms with Crippen molar-refractivity contribution in [2.45, 2.75) is 6.92 Å². The maximum Gasteiger partial charge on any atom is 0.363 e. The van der Waals surface area contributed by atoms with E-state index in [4.69, 9.17) is 25.8 Å². The molecule has 0 radical (unpaired) electrons. The molecule has 9 heteroatoms. The highest BCUT2D eigenvalue weighted by Crippen LogP contribution is 2.35. The monoisotopic (exact) mass is 545 g/mol. The molecule has 156 valence electrons. The summed E-state index contributed by atoms with van der Waals surface area (Å²) in [7, 11) is 0. The Hall–Kier alpha value is -2.46. The number of hydrogen-bond acceptors (Lipinski definition) is 5. The lowest BCUT2D eigenvalue weighted by molar-refractivity contribution is -0.129. The third-order valence-electron chi connectivity index (χ3n) is 3.84. The number of cyclic esters (lactones) is 1. The topological polar surface area (TPSA) is 57.1 Å². The highest BCUT2D eigenvalue weighted by atomic mass is 127. The molecule has 0 aliphatic carbocycles. The van der Waals surface area contributed by atoms with Crippen LogP contribution in [-0.2, 0) is 9.53 Å². The molecule has 0 atom stereocenters. The molecular formula is C21H15ClF2INO4. The minimum atomic E-state index is -1.13. The van der Waals surface area contributed by atoms with Gasteiger partial charge in [-0.3, -0.25) is 0 Å². The van der Waals surface area contributed by atoms with Gasteiger partial charge in [0.15, 0.2) is 28.8 Å². The first-order valence-corrected chi connectivity index (χ1v) is 10.2. The van der Waals surface area contributed by atoms with Crippen LogP contribution in [0.1, 0.15) is 18.1 Å². The summed E-state index contributed by atoms with van der Waals surface area (Å²) in [4.78, 5) is 16.3. The second kappa shape index (κ2) is 9.57. The van der Waals surface area contributed by atoms with Gasteiger partial charge in [0.2, 0.25) is 5.90 Å². The summed E-state index contributed by atoms with van der Waals surface area (Å²) in [6.07, 6.45) is 3.11. The molecule has 0 spiro atoms. The molecule has 1 aliphatic rings. The van der Waals surface area contributed by atoms with Crippen molar-refractivity contribution in [3.05, 3.63) is 74.0 Å². The Labute approximate surface area is 190 Å². The van der Waals surface area contributed by atoms with Crippen molar-refractivity contribution in [2.75, 3.05) is 13.2 Å². The van der Waals surface area contributed by atoms with Crippen molar-refractivity contribution in [1.82, 2.24) is 0 Å². The first-order valence-electron chi connectivity index (χ1n) is 8.71. The Kier molecular flexibility index (Phi) is 7.09. The summed E-state index contributed by atoms with van der Waals surface area (Å²) in [6.45, 7) is 6.19. The predicted molar refractivity (Wildman–Crippen MR) is 118 cm³/mol. The molecule has 30 heavy (non-hydrogen) atoms. The van der Waals surface area contributed by atoms with E-state index in [0.717, 1.165) is 15.7 Å².